The number of hydrogen-bond donors (Lipinski definition) is 0. The highest BCUT2D eigenvalue weighted by Crippen LogP contribution is 2.38. The van der Waals surface area contributed by atoms with Gasteiger partial charge in [0.25, 0.3) is 11.5 Å². The van der Waals surface area contributed by atoms with Crippen LogP contribution < -0.4 is 5.56 Å². The first kappa shape index (κ1) is 15.1. The number of rotatable bonds is 2. The van der Waals surface area contributed by atoms with E-state index in [0.717, 1.165) is 11.3 Å². The molecule has 7 heteroatoms. The molecule has 22 heavy (non-hydrogen) atoms. The second-order valence-electron chi connectivity index (χ2n) is 4.95. The van der Waals surface area contributed by atoms with E-state index in [1.165, 1.54) is 23.9 Å². The molecule has 0 saturated carbocycles. The molecule has 1 aliphatic heterocycles. The Morgan fingerprint density at radius 2 is 2.00 bits per heavy atom. The Balaban J connectivity index is 1.89. The van der Waals surface area contributed by atoms with E-state index in [2.05, 4.69) is 5.10 Å². The number of nitrogens with zero attached hydrogens (tertiary/aromatic N) is 3. The lowest BCUT2D eigenvalue weighted by Gasteiger charge is -2.23. The lowest BCUT2D eigenvalue weighted by Crippen LogP contribution is -2.33. The molecule has 1 aromatic carbocycles. The highest BCUT2D eigenvalue weighted by atomic mass is 35.5. The number of carbonyl (C=O) groups excluding carboxylic acids is 1. The molecule has 0 aliphatic carbocycles. The van der Waals surface area contributed by atoms with Gasteiger partial charge in [-0.2, -0.15) is 5.10 Å². The number of amides is 1. The van der Waals surface area contributed by atoms with Crippen molar-refractivity contribution < 1.29 is 4.79 Å². The summed E-state index contributed by atoms with van der Waals surface area (Å²) in [6.45, 7) is 0.654. The Bertz CT molecular complexity index is 760. The lowest BCUT2D eigenvalue weighted by molar-refractivity contribution is 0.0752. The highest BCUT2D eigenvalue weighted by molar-refractivity contribution is 7.99. The van der Waals surface area contributed by atoms with Gasteiger partial charge in [-0.15, -0.1) is 11.8 Å². The zero-order chi connectivity index (χ0) is 15.7. The zero-order valence-corrected chi connectivity index (χ0v) is 13.5. The van der Waals surface area contributed by atoms with Crippen LogP contribution in [0.1, 0.15) is 21.4 Å². The molecular formula is C15H14ClN3O2S. The highest BCUT2D eigenvalue weighted by Gasteiger charge is 2.32. The van der Waals surface area contributed by atoms with Crippen LogP contribution in [0, 0.1) is 0 Å². The van der Waals surface area contributed by atoms with Crippen molar-refractivity contribution in [1.82, 2.24) is 14.7 Å². The summed E-state index contributed by atoms with van der Waals surface area (Å²) >= 11 is 7.62. The number of thioether (sulfide) groups is 1. The second-order valence-corrected chi connectivity index (χ2v) is 6.58. The molecule has 0 bridgehead atoms. The minimum atomic E-state index is -0.235. The van der Waals surface area contributed by atoms with E-state index in [-0.39, 0.29) is 22.5 Å². The fourth-order valence-electron chi connectivity index (χ4n) is 2.35. The first-order valence-corrected chi connectivity index (χ1v) is 8.21. The molecule has 5 nitrogen and oxygen atoms in total. The fourth-order valence-corrected chi connectivity index (χ4v) is 3.73. The molecule has 0 radical (unpaired) electrons. The van der Waals surface area contributed by atoms with Gasteiger partial charge in [0, 0.05) is 30.4 Å². The number of hydrogen-bond acceptors (Lipinski definition) is 4. The van der Waals surface area contributed by atoms with Gasteiger partial charge in [-0.3, -0.25) is 9.59 Å². The third-order valence-electron chi connectivity index (χ3n) is 3.49. The summed E-state index contributed by atoms with van der Waals surface area (Å²) in [4.78, 5) is 25.8. The van der Waals surface area contributed by atoms with Crippen LogP contribution in [0.4, 0.5) is 0 Å². The van der Waals surface area contributed by atoms with Crippen LogP contribution in [-0.4, -0.2) is 32.9 Å². The SMILES string of the molecule is Cn1nc(C(=O)N2CCSC2c2ccc(Cl)cc2)ccc1=O. The molecule has 1 amide bonds. The van der Waals surface area contributed by atoms with Crippen molar-refractivity contribution in [3.05, 3.63) is 63.0 Å². The minimum Gasteiger partial charge on any atom is -0.320 e. The molecule has 1 fully saturated rings. The molecule has 1 atom stereocenters. The summed E-state index contributed by atoms with van der Waals surface area (Å²) in [6.07, 6.45) is 0. The molecule has 1 aliphatic rings. The number of carbonyl (C=O) groups is 1. The molecule has 2 aromatic rings. The van der Waals surface area contributed by atoms with Gasteiger partial charge in [0.2, 0.25) is 0 Å². The van der Waals surface area contributed by atoms with Crippen LogP contribution in [0.2, 0.25) is 5.02 Å². The average molecular weight is 336 g/mol. The quantitative estimate of drug-likeness (QED) is 0.845. The van der Waals surface area contributed by atoms with Crippen LogP contribution in [0.15, 0.2) is 41.2 Å². The maximum atomic E-state index is 12.7. The normalized spacial score (nSPS) is 17.7. The Labute approximate surface area is 136 Å². The van der Waals surface area contributed by atoms with Crippen LogP contribution in [0.3, 0.4) is 0 Å². The fraction of sp³-hybridized carbons (Fsp3) is 0.267. The van der Waals surface area contributed by atoms with Crippen LogP contribution in [0.25, 0.3) is 0 Å². The maximum absolute atomic E-state index is 12.7. The monoisotopic (exact) mass is 335 g/mol. The van der Waals surface area contributed by atoms with Crippen LogP contribution in [-0.2, 0) is 7.05 Å². The minimum absolute atomic E-state index is 0.0520. The van der Waals surface area contributed by atoms with Gasteiger partial charge in [-0.1, -0.05) is 23.7 Å². The first-order chi connectivity index (χ1) is 10.6. The molecule has 2 heterocycles. The van der Waals surface area contributed by atoms with E-state index >= 15 is 0 Å². The van der Waals surface area contributed by atoms with E-state index in [4.69, 9.17) is 11.6 Å². The second kappa shape index (κ2) is 6.14. The topological polar surface area (TPSA) is 55.2 Å². The third-order valence-corrected chi connectivity index (χ3v) is 5.00. The summed E-state index contributed by atoms with van der Waals surface area (Å²) in [7, 11) is 1.54. The summed E-state index contributed by atoms with van der Waals surface area (Å²) in [5.41, 5.74) is 1.08. The lowest BCUT2D eigenvalue weighted by atomic mass is 10.2. The molecule has 1 saturated heterocycles. The van der Waals surface area contributed by atoms with Gasteiger partial charge in [0.1, 0.15) is 11.1 Å². The largest absolute Gasteiger partial charge is 0.320 e. The van der Waals surface area contributed by atoms with Crippen molar-refractivity contribution in [2.75, 3.05) is 12.3 Å². The third kappa shape index (κ3) is 2.89. The Hall–Kier alpha value is -1.79. The van der Waals surface area contributed by atoms with E-state index in [0.29, 0.717) is 11.6 Å². The van der Waals surface area contributed by atoms with Crippen molar-refractivity contribution >= 4 is 29.3 Å². The molecule has 1 unspecified atom stereocenters. The van der Waals surface area contributed by atoms with Crippen molar-refractivity contribution in [1.29, 1.82) is 0 Å². The van der Waals surface area contributed by atoms with Gasteiger partial charge in [0.05, 0.1) is 0 Å². The molecule has 1 aromatic heterocycles. The van der Waals surface area contributed by atoms with Crippen molar-refractivity contribution in [2.45, 2.75) is 5.37 Å². The molecule has 0 N–H and O–H groups in total. The zero-order valence-electron chi connectivity index (χ0n) is 11.9. The van der Waals surface area contributed by atoms with E-state index in [1.54, 1.807) is 16.7 Å². The Kier molecular flexibility index (Phi) is 4.22. The van der Waals surface area contributed by atoms with Crippen LogP contribution >= 0.6 is 23.4 Å². The predicted molar refractivity (Wildman–Crippen MR) is 87.2 cm³/mol. The maximum Gasteiger partial charge on any atom is 0.275 e. The van der Waals surface area contributed by atoms with Gasteiger partial charge in [0.15, 0.2) is 0 Å². The average Bonchev–Trinajstić information content (AvgIpc) is 2.99. The standard InChI is InChI=1S/C15H14ClN3O2S/c1-18-13(20)7-6-12(17-18)14(21)19-8-9-22-15(19)10-2-4-11(16)5-3-10/h2-7,15H,8-9H2,1H3. The van der Waals surface area contributed by atoms with Gasteiger partial charge in [-0.05, 0) is 23.8 Å². The van der Waals surface area contributed by atoms with Crippen molar-refractivity contribution in [3.8, 4) is 0 Å². The predicted octanol–water partition coefficient (Wildman–Crippen LogP) is 2.32. The number of aromatic nitrogens is 2. The smallest absolute Gasteiger partial charge is 0.275 e. The van der Waals surface area contributed by atoms with Gasteiger partial charge >= 0.3 is 0 Å². The summed E-state index contributed by atoms with van der Waals surface area (Å²) in [5, 5.41) is 4.66. The van der Waals surface area contributed by atoms with Gasteiger partial charge < -0.3 is 4.90 Å². The summed E-state index contributed by atoms with van der Waals surface area (Å²) in [6, 6.07) is 10.3. The summed E-state index contributed by atoms with van der Waals surface area (Å²) in [5.74, 6) is 0.700. The Morgan fingerprint density at radius 1 is 1.27 bits per heavy atom. The van der Waals surface area contributed by atoms with Crippen LogP contribution in [0.5, 0.6) is 0 Å². The molecule has 114 valence electrons. The van der Waals surface area contributed by atoms with Gasteiger partial charge in [-0.25, -0.2) is 4.68 Å². The summed E-state index contributed by atoms with van der Waals surface area (Å²) < 4.78 is 1.17. The van der Waals surface area contributed by atoms with Crippen molar-refractivity contribution in [3.63, 3.8) is 0 Å². The molecule has 0 spiro atoms. The Morgan fingerprint density at radius 3 is 2.68 bits per heavy atom. The van der Waals surface area contributed by atoms with E-state index in [9.17, 15) is 9.59 Å². The van der Waals surface area contributed by atoms with E-state index < -0.39 is 0 Å². The van der Waals surface area contributed by atoms with Crippen molar-refractivity contribution in [2.24, 2.45) is 7.05 Å². The molecule has 3 rings (SSSR count). The number of benzene rings is 1. The number of aryl methyl sites for hydroxylation is 1. The number of halogens is 1. The first-order valence-electron chi connectivity index (χ1n) is 6.78. The molecular weight excluding hydrogens is 322 g/mol. The van der Waals surface area contributed by atoms with E-state index in [1.807, 2.05) is 24.3 Å².